The summed E-state index contributed by atoms with van der Waals surface area (Å²) in [6, 6.07) is 8.01. The first kappa shape index (κ1) is 14.8. The summed E-state index contributed by atoms with van der Waals surface area (Å²) in [5, 5.41) is 0.511. The highest BCUT2D eigenvalue weighted by molar-refractivity contribution is 6.31. The van der Waals surface area contributed by atoms with E-state index in [9.17, 15) is 8.78 Å². The van der Waals surface area contributed by atoms with Gasteiger partial charge in [0.05, 0.1) is 0 Å². The molecule has 2 N–H and O–H groups in total. The second-order valence-electron chi connectivity index (χ2n) is 4.61. The normalized spacial score (nSPS) is 12.2. The standard InChI is InChI=1S/C15H14ClF2NO/c1-9(19)5-13-14(16)3-2-4-15(13)20-12-7-10(17)6-11(18)8-12/h2-4,6-9H,5,19H2,1H3. The van der Waals surface area contributed by atoms with E-state index < -0.39 is 11.6 Å². The maximum atomic E-state index is 13.2. The smallest absolute Gasteiger partial charge is 0.133 e. The molecule has 0 aromatic heterocycles. The number of rotatable bonds is 4. The van der Waals surface area contributed by atoms with Crippen LogP contribution in [0.4, 0.5) is 8.78 Å². The fourth-order valence-corrected chi connectivity index (χ4v) is 2.11. The van der Waals surface area contributed by atoms with Gasteiger partial charge in [0, 0.05) is 34.8 Å². The molecule has 2 rings (SSSR count). The van der Waals surface area contributed by atoms with Crippen molar-refractivity contribution in [1.29, 1.82) is 0 Å². The molecule has 1 unspecified atom stereocenters. The highest BCUT2D eigenvalue weighted by Crippen LogP contribution is 2.31. The minimum absolute atomic E-state index is 0.0793. The Bertz CT molecular complexity index is 597. The van der Waals surface area contributed by atoms with Crippen molar-refractivity contribution in [3.8, 4) is 11.5 Å². The lowest BCUT2D eigenvalue weighted by molar-refractivity contribution is 0.461. The average Bonchev–Trinajstić information content (AvgIpc) is 2.32. The molecule has 0 aliphatic rings. The zero-order chi connectivity index (χ0) is 14.7. The summed E-state index contributed by atoms with van der Waals surface area (Å²) in [7, 11) is 0. The van der Waals surface area contributed by atoms with Gasteiger partial charge >= 0.3 is 0 Å². The van der Waals surface area contributed by atoms with E-state index in [2.05, 4.69) is 0 Å². The maximum absolute atomic E-state index is 13.2. The molecule has 0 saturated carbocycles. The highest BCUT2D eigenvalue weighted by Gasteiger charge is 2.12. The van der Waals surface area contributed by atoms with Gasteiger partial charge in [-0.25, -0.2) is 8.78 Å². The number of hydrogen-bond donors (Lipinski definition) is 1. The molecule has 20 heavy (non-hydrogen) atoms. The van der Waals surface area contributed by atoms with Crippen molar-refractivity contribution in [2.45, 2.75) is 19.4 Å². The summed E-state index contributed by atoms with van der Waals surface area (Å²) in [5.74, 6) is -0.873. The molecule has 0 aliphatic heterocycles. The Balaban J connectivity index is 2.35. The van der Waals surface area contributed by atoms with Gasteiger partial charge < -0.3 is 10.5 Å². The van der Waals surface area contributed by atoms with Crippen LogP contribution in [0.25, 0.3) is 0 Å². The van der Waals surface area contributed by atoms with E-state index in [1.165, 1.54) is 0 Å². The number of hydrogen-bond acceptors (Lipinski definition) is 2. The third-order valence-corrected chi connectivity index (χ3v) is 3.02. The van der Waals surface area contributed by atoms with Gasteiger partial charge in [-0.05, 0) is 25.5 Å². The van der Waals surface area contributed by atoms with Crippen LogP contribution in [-0.4, -0.2) is 6.04 Å². The topological polar surface area (TPSA) is 35.2 Å². The molecule has 0 spiro atoms. The molecule has 5 heteroatoms. The Labute approximate surface area is 121 Å². The van der Waals surface area contributed by atoms with E-state index in [-0.39, 0.29) is 11.8 Å². The number of halogens is 3. The lowest BCUT2D eigenvalue weighted by Gasteiger charge is -2.14. The number of benzene rings is 2. The molecule has 106 valence electrons. The number of nitrogens with two attached hydrogens (primary N) is 1. The van der Waals surface area contributed by atoms with E-state index >= 15 is 0 Å². The quantitative estimate of drug-likeness (QED) is 0.913. The Morgan fingerprint density at radius 2 is 1.85 bits per heavy atom. The van der Waals surface area contributed by atoms with Crippen LogP contribution in [-0.2, 0) is 6.42 Å². The molecule has 2 aromatic carbocycles. The van der Waals surface area contributed by atoms with Gasteiger partial charge in [0.2, 0.25) is 0 Å². The summed E-state index contributed by atoms with van der Waals surface area (Å²) in [5.41, 5.74) is 6.49. The summed E-state index contributed by atoms with van der Waals surface area (Å²) >= 11 is 6.12. The fraction of sp³-hybridized carbons (Fsp3) is 0.200. The minimum atomic E-state index is -0.698. The lowest BCUT2D eigenvalue weighted by Crippen LogP contribution is -2.18. The molecule has 0 saturated heterocycles. The minimum Gasteiger partial charge on any atom is -0.457 e. The van der Waals surface area contributed by atoms with Crippen molar-refractivity contribution in [2.24, 2.45) is 5.73 Å². The van der Waals surface area contributed by atoms with E-state index in [4.69, 9.17) is 22.1 Å². The van der Waals surface area contributed by atoms with E-state index in [0.717, 1.165) is 18.2 Å². The van der Waals surface area contributed by atoms with Crippen LogP contribution in [0, 0.1) is 11.6 Å². The SMILES string of the molecule is CC(N)Cc1c(Cl)cccc1Oc1cc(F)cc(F)c1. The monoisotopic (exact) mass is 297 g/mol. The van der Waals surface area contributed by atoms with Crippen LogP contribution in [0.2, 0.25) is 5.02 Å². The lowest BCUT2D eigenvalue weighted by atomic mass is 10.1. The van der Waals surface area contributed by atoms with Gasteiger partial charge in [-0.1, -0.05) is 17.7 Å². The predicted octanol–water partition coefficient (Wildman–Crippen LogP) is 4.30. The Hall–Kier alpha value is -1.65. The van der Waals surface area contributed by atoms with Crippen LogP contribution in [0.5, 0.6) is 11.5 Å². The molecule has 0 radical (unpaired) electrons. The Morgan fingerprint density at radius 1 is 1.20 bits per heavy atom. The highest BCUT2D eigenvalue weighted by atomic mass is 35.5. The maximum Gasteiger partial charge on any atom is 0.133 e. The van der Waals surface area contributed by atoms with Gasteiger partial charge in [0.15, 0.2) is 0 Å². The average molecular weight is 298 g/mol. The van der Waals surface area contributed by atoms with Crippen LogP contribution < -0.4 is 10.5 Å². The van der Waals surface area contributed by atoms with E-state index in [1.54, 1.807) is 18.2 Å². The van der Waals surface area contributed by atoms with E-state index in [0.29, 0.717) is 22.8 Å². The molecular formula is C15H14ClF2NO. The summed E-state index contributed by atoms with van der Waals surface area (Å²) in [4.78, 5) is 0. The molecule has 0 fully saturated rings. The first-order valence-electron chi connectivity index (χ1n) is 6.12. The molecule has 0 amide bonds. The van der Waals surface area contributed by atoms with Gasteiger partial charge in [0.25, 0.3) is 0 Å². The van der Waals surface area contributed by atoms with Crippen molar-refractivity contribution in [1.82, 2.24) is 0 Å². The zero-order valence-electron chi connectivity index (χ0n) is 10.9. The molecule has 2 nitrogen and oxygen atoms in total. The van der Waals surface area contributed by atoms with Crippen LogP contribution in [0.3, 0.4) is 0 Å². The third-order valence-electron chi connectivity index (χ3n) is 2.67. The van der Waals surface area contributed by atoms with Gasteiger partial charge in [-0.15, -0.1) is 0 Å². The second-order valence-corrected chi connectivity index (χ2v) is 5.01. The molecule has 1 atom stereocenters. The van der Waals surface area contributed by atoms with Crippen LogP contribution in [0.1, 0.15) is 12.5 Å². The predicted molar refractivity (Wildman–Crippen MR) is 75.2 cm³/mol. The first-order valence-corrected chi connectivity index (χ1v) is 6.50. The van der Waals surface area contributed by atoms with Crippen molar-refractivity contribution < 1.29 is 13.5 Å². The molecule has 2 aromatic rings. The molecule has 0 aliphatic carbocycles. The largest absolute Gasteiger partial charge is 0.457 e. The molecule has 0 bridgehead atoms. The summed E-state index contributed by atoms with van der Waals surface area (Å²) in [6.45, 7) is 1.84. The Kier molecular flexibility index (Phi) is 4.57. The van der Waals surface area contributed by atoms with Crippen molar-refractivity contribution in [3.05, 3.63) is 58.6 Å². The van der Waals surface area contributed by atoms with Crippen molar-refractivity contribution in [2.75, 3.05) is 0 Å². The summed E-state index contributed by atoms with van der Waals surface area (Å²) in [6.07, 6.45) is 0.507. The van der Waals surface area contributed by atoms with Gasteiger partial charge in [-0.3, -0.25) is 0 Å². The first-order chi connectivity index (χ1) is 9.45. The zero-order valence-corrected chi connectivity index (χ0v) is 11.6. The van der Waals surface area contributed by atoms with Gasteiger partial charge in [0.1, 0.15) is 23.1 Å². The molecule has 0 heterocycles. The van der Waals surface area contributed by atoms with E-state index in [1.807, 2.05) is 6.92 Å². The Morgan fingerprint density at radius 3 is 2.45 bits per heavy atom. The third kappa shape index (κ3) is 3.68. The molecular weight excluding hydrogens is 284 g/mol. The fourth-order valence-electron chi connectivity index (χ4n) is 1.87. The number of ether oxygens (including phenoxy) is 1. The van der Waals surface area contributed by atoms with Crippen molar-refractivity contribution >= 4 is 11.6 Å². The van der Waals surface area contributed by atoms with Gasteiger partial charge in [-0.2, -0.15) is 0 Å². The van der Waals surface area contributed by atoms with Crippen LogP contribution in [0.15, 0.2) is 36.4 Å². The summed E-state index contributed by atoms with van der Waals surface area (Å²) < 4.78 is 31.8. The van der Waals surface area contributed by atoms with Crippen molar-refractivity contribution in [3.63, 3.8) is 0 Å². The van der Waals surface area contributed by atoms with Crippen LogP contribution >= 0.6 is 11.6 Å². The second kappa shape index (κ2) is 6.20.